The van der Waals surface area contributed by atoms with E-state index in [0.717, 1.165) is 16.8 Å². The third-order valence-electron chi connectivity index (χ3n) is 5.04. The Morgan fingerprint density at radius 1 is 1.03 bits per heavy atom. The minimum absolute atomic E-state index is 0.110. The second-order valence-electron chi connectivity index (χ2n) is 7.52. The number of halogens is 1. The van der Waals surface area contributed by atoms with Crippen molar-refractivity contribution in [3.63, 3.8) is 0 Å². The number of para-hydroxylation sites is 1. The molecule has 1 N–H and O–H groups in total. The molecule has 34 heavy (non-hydrogen) atoms. The molecular weight excluding hydrogens is 476 g/mol. The van der Waals surface area contributed by atoms with E-state index in [1.165, 1.54) is 7.11 Å². The minimum Gasteiger partial charge on any atom is -0.493 e. The summed E-state index contributed by atoms with van der Waals surface area (Å²) in [6.45, 7) is 2.18. The molecule has 0 unspecified atom stereocenters. The summed E-state index contributed by atoms with van der Waals surface area (Å²) in [6.07, 6.45) is 1.74. The summed E-state index contributed by atoms with van der Waals surface area (Å²) in [6, 6.07) is 19.2. The molecule has 4 rings (SSSR count). The average Bonchev–Trinajstić information content (AvgIpc) is 3.31. The zero-order valence-electron chi connectivity index (χ0n) is 18.6. The summed E-state index contributed by atoms with van der Waals surface area (Å²) in [4.78, 5) is 0.217. The topological polar surface area (TPSA) is 95.3 Å². The lowest BCUT2D eigenvalue weighted by Crippen LogP contribution is -2.23. The predicted molar refractivity (Wildman–Crippen MR) is 129 cm³/mol. The molecule has 8 nitrogen and oxygen atoms in total. The molecule has 0 aliphatic rings. The first-order valence-corrected chi connectivity index (χ1v) is 12.2. The van der Waals surface area contributed by atoms with Crippen molar-refractivity contribution in [3.05, 3.63) is 94.8 Å². The van der Waals surface area contributed by atoms with E-state index in [0.29, 0.717) is 22.2 Å². The van der Waals surface area contributed by atoms with Crippen LogP contribution in [0.3, 0.4) is 0 Å². The smallest absolute Gasteiger partial charge is 0.240 e. The molecule has 0 saturated heterocycles. The van der Waals surface area contributed by atoms with Crippen LogP contribution in [0.2, 0.25) is 5.02 Å². The molecule has 0 atom stereocenters. The Hall–Kier alpha value is -3.40. The van der Waals surface area contributed by atoms with Gasteiger partial charge in [0.2, 0.25) is 10.0 Å². The Balaban J connectivity index is 1.41. The highest BCUT2D eigenvalue weighted by Gasteiger charge is 2.15. The number of hydrogen-bond acceptors (Lipinski definition) is 6. The Morgan fingerprint density at radius 2 is 1.79 bits per heavy atom. The maximum atomic E-state index is 12.5. The number of nitrogens with zero attached hydrogens (tertiary/aromatic N) is 3. The van der Waals surface area contributed by atoms with Crippen molar-refractivity contribution < 1.29 is 17.9 Å². The van der Waals surface area contributed by atoms with Gasteiger partial charge in [-0.1, -0.05) is 52.7 Å². The van der Waals surface area contributed by atoms with Gasteiger partial charge >= 0.3 is 0 Å². The van der Waals surface area contributed by atoms with Gasteiger partial charge in [0.1, 0.15) is 12.3 Å². The van der Waals surface area contributed by atoms with E-state index in [4.69, 9.17) is 21.1 Å². The SMILES string of the molecule is COc1cc(CNS(=O)(=O)c2ccc(C)cc2)ccc1OCc1cn(-c2ccccc2Cl)nn1. The summed E-state index contributed by atoms with van der Waals surface area (Å²) in [5.41, 5.74) is 3.05. The fourth-order valence-corrected chi connectivity index (χ4v) is 4.43. The van der Waals surface area contributed by atoms with Gasteiger partial charge in [-0.05, 0) is 48.9 Å². The summed E-state index contributed by atoms with van der Waals surface area (Å²) in [5.74, 6) is 0.977. The van der Waals surface area contributed by atoms with Crippen LogP contribution in [-0.4, -0.2) is 30.5 Å². The quantitative estimate of drug-likeness (QED) is 0.370. The third kappa shape index (κ3) is 5.56. The first-order valence-electron chi connectivity index (χ1n) is 10.4. The minimum atomic E-state index is -3.62. The highest BCUT2D eigenvalue weighted by atomic mass is 35.5. The highest BCUT2D eigenvalue weighted by molar-refractivity contribution is 7.89. The Labute approximate surface area is 203 Å². The number of rotatable bonds is 9. The van der Waals surface area contributed by atoms with E-state index in [9.17, 15) is 8.42 Å². The van der Waals surface area contributed by atoms with Crippen molar-refractivity contribution in [1.82, 2.24) is 19.7 Å². The molecule has 1 aromatic heterocycles. The standard InChI is InChI=1S/C24H23ClN4O4S/c1-17-7-10-20(11-8-17)34(30,31)26-14-18-9-12-23(24(13-18)32-2)33-16-19-15-29(28-27-19)22-6-4-3-5-21(22)25/h3-13,15,26H,14,16H2,1-2H3. The van der Waals surface area contributed by atoms with Crippen LogP contribution in [0.25, 0.3) is 5.69 Å². The first-order chi connectivity index (χ1) is 16.4. The number of methoxy groups -OCH3 is 1. The summed E-state index contributed by atoms with van der Waals surface area (Å²) in [7, 11) is -2.10. The molecule has 0 fully saturated rings. The van der Waals surface area contributed by atoms with Gasteiger partial charge in [0.25, 0.3) is 0 Å². The molecule has 1 heterocycles. The second kappa shape index (κ2) is 10.3. The third-order valence-corrected chi connectivity index (χ3v) is 6.78. The van der Waals surface area contributed by atoms with Gasteiger partial charge in [-0.2, -0.15) is 0 Å². The van der Waals surface area contributed by atoms with Crippen LogP contribution >= 0.6 is 11.6 Å². The molecule has 0 saturated carbocycles. The normalized spacial score (nSPS) is 11.4. The molecule has 176 valence electrons. The first kappa shape index (κ1) is 23.7. The summed E-state index contributed by atoms with van der Waals surface area (Å²) >= 11 is 6.21. The largest absolute Gasteiger partial charge is 0.493 e. The van der Waals surface area contributed by atoms with Crippen LogP contribution in [0.15, 0.2) is 77.8 Å². The van der Waals surface area contributed by atoms with E-state index in [-0.39, 0.29) is 18.0 Å². The number of nitrogens with one attached hydrogen (secondary N) is 1. The zero-order chi connectivity index (χ0) is 24.1. The molecule has 0 aliphatic heterocycles. The van der Waals surface area contributed by atoms with Crippen LogP contribution < -0.4 is 14.2 Å². The van der Waals surface area contributed by atoms with Crippen molar-refractivity contribution in [3.8, 4) is 17.2 Å². The van der Waals surface area contributed by atoms with E-state index in [2.05, 4.69) is 15.0 Å². The van der Waals surface area contributed by atoms with Gasteiger partial charge in [0, 0.05) is 6.54 Å². The maximum Gasteiger partial charge on any atom is 0.240 e. The Bertz CT molecular complexity index is 1390. The summed E-state index contributed by atoms with van der Waals surface area (Å²) < 4.78 is 40.6. The van der Waals surface area contributed by atoms with Gasteiger partial charge in [-0.15, -0.1) is 5.10 Å². The van der Waals surface area contributed by atoms with Crippen LogP contribution in [0.4, 0.5) is 0 Å². The fraction of sp³-hybridized carbons (Fsp3) is 0.167. The van der Waals surface area contributed by atoms with E-state index >= 15 is 0 Å². The highest BCUT2D eigenvalue weighted by Crippen LogP contribution is 2.29. The number of aromatic nitrogens is 3. The van der Waals surface area contributed by atoms with Gasteiger partial charge in [0.15, 0.2) is 11.5 Å². The van der Waals surface area contributed by atoms with Gasteiger partial charge < -0.3 is 9.47 Å². The van der Waals surface area contributed by atoms with Crippen molar-refractivity contribution in [1.29, 1.82) is 0 Å². The van der Waals surface area contributed by atoms with Crippen LogP contribution in [0, 0.1) is 6.92 Å². The molecule has 3 aromatic carbocycles. The van der Waals surface area contributed by atoms with Crippen molar-refractivity contribution in [2.45, 2.75) is 25.0 Å². The van der Waals surface area contributed by atoms with Crippen molar-refractivity contribution in [2.75, 3.05) is 7.11 Å². The molecule has 0 bridgehead atoms. The Kier molecular flexibility index (Phi) is 7.16. The van der Waals surface area contributed by atoms with Crippen LogP contribution in [0.5, 0.6) is 11.5 Å². The molecule has 0 spiro atoms. The number of hydrogen-bond donors (Lipinski definition) is 1. The van der Waals surface area contributed by atoms with E-state index < -0.39 is 10.0 Å². The van der Waals surface area contributed by atoms with Gasteiger partial charge in [-0.25, -0.2) is 17.8 Å². The van der Waals surface area contributed by atoms with Gasteiger partial charge in [0.05, 0.1) is 28.9 Å². The molecule has 0 aliphatic carbocycles. The second-order valence-corrected chi connectivity index (χ2v) is 9.69. The summed E-state index contributed by atoms with van der Waals surface area (Å²) in [5, 5.41) is 8.79. The Morgan fingerprint density at radius 3 is 2.53 bits per heavy atom. The average molecular weight is 499 g/mol. The lowest BCUT2D eigenvalue weighted by atomic mass is 10.2. The molecule has 0 radical (unpaired) electrons. The monoisotopic (exact) mass is 498 g/mol. The number of benzene rings is 3. The van der Waals surface area contributed by atoms with Crippen molar-refractivity contribution >= 4 is 21.6 Å². The van der Waals surface area contributed by atoms with Crippen molar-refractivity contribution in [2.24, 2.45) is 0 Å². The lowest BCUT2D eigenvalue weighted by Gasteiger charge is -2.12. The van der Waals surface area contributed by atoms with E-state index in [1.54, 1.807) is 59.4 Å². The zero-order valence-corrected chi connectivity index (χ0v) is 20.2. The van der Waals surface area contributed by atoms with Crippen LogP contribution in [-0.2, 0) is 23.2 Å². The molecule has 0 amide bonds. The van der Waals surface area contributed by atoms with Gasteiger partial charge in [-0.3, -0.25) is 0 Å². The number of ether oxygens (including phenoxy) is 2. The predicted octanol–water partition coefficient (Wildman–Crippen LogP) is 4.30. The molecule has 4 aromatic rings. The fourth-order valence-electron chi connectivity index (χ4n) is 3.19. The molecular formula is C24H23ClN4O4S. The number of aryl methyl sites for hydroxylation is 1. The number of sulfonamides is 1. The lowest BCUT2D eigenvalue weighted by molar-refractivity contribution is 0.280. The van der Waals surface area contributed by atoms with E-state index in [1.807, 2.05) is 25.1 Å². The maximum absolute atomic E-state index is 12.5. The van der Waals surface area contributed by atoms with Crippen LogP contribution in [0.1, 0.15) is 16.8 Å². The molecule has 10 heteroatoms.